The summed E-state index contributed by atoms with van der Waals surface area (Å²) in [5.74, 6) is 0.0975. The van der Waals surface area contributed by atoms with Crippen LogP contribution < -0.4 is 10.1 Å². The van der Waals surface area contributed by atoms with E-state index >= 15 is 0 Å². The van der Waals surface area contributed by atoms with Crippen LogP contribution in [0.4, 0.5) is 4.39 Å². The molecule has 1 saturated heterocycles. The van der Waals surface area contributed by atoms with Crippen molar-refractivity contribution in [2.24, 2.45) is 0 Å². The molecular weight excluding hydrogens is 359 g/mol. The van der Waals surface area contributed by atoms with Gasteiger partial charge in [-0.2, -0.15) is 0 Å². The maximum Gasteiger partial charge on any atom is 0.255 e. The zero-order chi connectivity index (χ0) is 19.6. The van der Waals surface area contributed by atoms with Crippen molar-refractivity contribution in [3.8, 4) is 5.75 Å². The van der Waals surface area contributed by atoms with Gasteiger partial charge in [-0.1, -0.05) is 30.3 Å². The van der Waals surface area contributed by atoms with Crippen LogP contribution in [0.3, 0.4) is 0 Å². The van der Waals surface area contributed by atoms with Crippen molar-refractivity contribution in [1.82, 2.24) is 10.2 Å². The molecule has 0 aliphatic carbocycles. The van der Waals surface area contributed by atoms with Crippen LogP contribution in [0.15, 0.2) is 48.5 Å². The molecule has 0 radical (unpaired) electrons. The third-order valence-electron chi connectivity index (χ3n) is 5.49. The molecule has 6 heteroatoms. The lowest BCUT2D eigenvalue weighted by atomic mass is 9.92. The van der Waals surface area contributed by atoms with Gasteiger partial charge in [-0.15, -0.1) is 0 Å². The van der Waals surface area contributed by atoms with Crippen LogP contribution in [0.1, 0.15) is 35.2 Å². The van der Waals surface area contributed by atoms with Crippen molar-refractivity contribution >= 4 is 11.8 Å². The van der Waals surface area contributed by atoms with Crippen LogP contribution in [-0.2, 0) is 11.2 Å². The molecule has 1 N–H and O–H groups in total. The molecule has 146 valence electrons. The zero-order valence-corrected chi connectivity index (χ0v) is 15.6. The number of para-hydroxylation sites is 1. The van der Waals surface area contributed by atoms with Crippen molar-refractivity contribution in [2.75, 3.05) is 19.6 Å². The third-order valence-corrected chi connectivity index (χ3v) is 5.49. The molecule has 2 aromatic rings. The molecule has 2 aromatic carbocycles. The number of benzene rings is 2. The Kier molecular flexibility index (Phi) is 5.03. The number of rotatable bonds is 3. The minimum Gasteiger partial charge on any atom is -0.483 e. The highest BCUT2D eigenvalue weighted by Gasteiger charge is 2.41. The van der Waals surface area contributed by atoms with Crippen molar-refractivity contribution in [3.63, 3.8) is 0 Å². The van der Waals surface area contributed by atoms with Crippen molar-refractivity contribution in [1.29, 1.82) is 0 Å². The van der Waals surface area contributed by atoms with Gasteiger partial charge in [0.1, 0.15) is 17.2 Å². The zero-order valence-electron chi connectivity index (χ0n) is 15.6. The molecule has 2 aliphatic rings. The standard InChI is InChI=1S/C22H23FN2O3/c23-18-8-3-1-6-16(18)10-11-20(26)25-13-5-12-22(15-25)14-24-21(27)17-7-2-4-9-19(17)28-22/h1-4,6-9H,5,10-15H2,(H,24,27). The summed E-state index contributed by atoms with van der Waals surface area (Å²) in [6.07, 6.45) is 2.18. The predicted molar refractivity (Wildman–Crippen MR) is 103 cm³/mol. The fourth-order valence-corrected chi connectivity index (χ4v) is 3.99. The Bertz CT molecular complexity index is 901. The first-order valence-electron chi connectivity index (χ1n) is 9.64. The molecule has 2 aliphatic heterocycles. The summed E-state index contributed by atoms with van der Waals surface area (Å²) in [7, 11) is 0. The number of halogens is 1. The number of carbonyl (C=O) groups is 2. The van der Waals surface area contributed by atoms with Gasteiger partial charge >= 0.3 is 0 Å². The second-order valence-corrected chi connectivity index (χ2v) is 7.47. The number of hydrogen-bond acceptors (Lipinski definition) is 3. The Hall–Kier alpha value is -2.89. The number of hydrogen-bond donors (Lipinski definition) is 1. The van der Waals surface area contributed by atoms with Crippen molar-refractivity contribution < 1.29 is 18.7 Å². The molecule has 1 unspecified atom stereocenters. The fourth-order valence-electron chi connectivity index (χ4n) is 3.99. The number of likely N-dealkylation sites (tertiary alicyclic amines) is 1. The first-order valence-corrected chi connectivity index (χ1v) is 9.64. The number of ether oxygens (including phenoxy) is 1. The Morgan fingerprint density at radius 2 is 1.96 bits per heavy atom. The summed E-state index contributed by atoms with van der Waals surface area (Å²) in [5, 5.41) is 2.93. The minimum atomic E-state index is -0.631. The fraction of sp³-hybridized carbons (Fsp3) is 0.364. The summed E-state index contributed by atoms with van der Waals surface area (Å²) in [5.41, 5.74) is 0.436. The van der Waals surface area contributed by atoms with E-state index < -0.39 is 5.60 Å². The van der Waals surface area contributed by atoms with Gasteiger partial charge in [0.25, 0.3) is 5.91 Å². The van der Waals surface area contributed by atoms with E-state index in [1.54, 1.807) is 41.3 Å². The quantitative estimate of drug-likeness (QED) is 0.888. The van der Waals surface area contributed by atoms with E-state index in [9.17, 15) is 14.0 Å². The molecule has 4 rings (SSSR count). The molecule has 0 saturated carbocycles. The van der Waals surface area contributed by atoms with Gasteiger partial charge < -0.3 is 15.0 Å². The second kappa shape index (κ2) is 7.62. The lowest BCUT2D eigenvalue weighted by Crippen LogP contribution is -2.57. The number of nitrogens with one attached hydrogen (secondary N) is 1. The largest absolute Gasteiger partial charge is 0.483 e. The molecule has 0 bridgehead atoms. The maximum atomic E-state index is 13.8. The van der Waals surface area contributed by atoms with Gasteiger partial charge in [0.15, 0.2) is 0 Å². The summed E-state index contributed by atoms with van der Waals surface area (Å²) >= 11 is 0. The van der Waals surface area contributed by atoms with Gasteiger partial charge in [0.05, 0.1) is 18.7 Å². The number of aryl methyl sites for hydroxylation is 1. The molecule has 1 fully saturated rings. The Morgan fingerprint density at radius 3 is 2.82 bits per heavy atom. The Balaban J connectivity index is 1.46. The van der Waals surface area contributed by atoms with Crippen LogP contribution >= 0.6 is 0 Å². The number of piperidine rings is 1. The van der Waals surface area contributed by atoms with E-state index in [0.29, 0.717) is 42.9 Å². The van der Waals surface area contributed by atoms with E-state index in [1.165, 1.54) is 6.07 Å². The molecular formula is C22H23FN2O3. The smallest absolute Gasteiger partial charge is 0.255 e. The second-order valence-electron chi connectivity index (χ2n) is 7.47. The van der Waals surface area contributed by atoms with Crippen molar-refractivity contribution in [3.05, 3.63) is 65.5 Å². The summed E-state index contributed by atoms with van der Waals surface area (Å²) < 4.78 is 20.1. The summed E-state index contributed by atoms with van der Waals surface area (Å²) in [6.45, 7) is 1.42. The molecule has 2 amide bonds. The lowest BCUT2D eigenvalue weighted by Gasteiger charge is -2.42. The van der Waals surface area contributed by atoms with Crippen LogP contribution in [0.2, 0.25) is 0 Å². The SMILES string of the molecule is O=C1NCC2(CCCN(C(=O)CCc3ccccc3F)C2)Oc2ccccc21. The number of amides is 2. The highest BCUT2D eigenvalue weighted by Crippen LogP contribution is 2.32. The number of carbonyl (C=O) groups excluding carboxylic acids is 2. The van der Waals surface area contributed by atoms with Crippen LogP contribution in [-0.4, -0.2) is 41.9 Å². The number of nitrogens with zero attached hydrogens (tertiary/aromatic N) is 1. The topological polar surface area (TPSA) is 58.6 Å². The predicted octanol–water partition coefficient (Wildman–Crippen LogP) is 2.94. The highest BCUT2D eigenvalue weighted by atomic mass is 19.1. The molecule has 1 spiro atoms. The highest BCUT2D eigenvalue weighted by molar-refractivity contribution is 5.97. The minimum absolute atomic E-state index is 0.0187. The normalized spacial score (nSPS) is 21.5. The van der Waals surface area contributed by atoms with Crippen molar-refractivity contribution in [2.45, 2.75) is 31.3 Å². The van der Waals surface area contributed by atoms with Crippen LogP contribution in [0.5, 0.6) is 5.75 Å². The monoisotopic (exact) mass is 382 g/mol. The first kappa shape index (κ1) is 18.5. The van der Waals surface area contributed by atoms with Gasteiger partial charge in [-0.3, -0.25) is 9.59 Å². The van der Waals surface area contributed by atoms with E-state index in [-0.39, 0.29) is 24.1 Å². The Morgan fingerprint density at radius 1 is 1.18 bits per heavy atom. The average molecular weight is 382 g/mol. The molecule has 0 aromatic heterocycles. The summed E-state index contributed by atoms with van der Waals surface area (Å²) in [4.78, 5) is 26.9. The maximum absolute atomic E-state index is 13.8. The van der Waals surface area contributed by atoms with Gasteiger partial charge in [-0.25, -0.2) is 4.39 Å². The molecule has 1 atom stereocenters. The van der Waals surface area contributed by atoms with Crippen LogP contribution in [0, 0.1) is 5.82 Å². The Labute approximate surface area is 163 Å². The third kappa shape index (κ3) is 3.72. The molecule has 2 heterocycles. The average Bonchev–Trinajstić information content (AvgIpc) is 2.84. The van der Waals surface area contributed by atoms with E-state index in [2.05, 4.69) is 5.32 Å². The first-order chi connectivity index (χ1) is 13.6. The van der Waals surface area contributed by atoms with E-state index in [1.807, 2.05) is 6.07 Å². The van der Waals surface area contributed by atoms with Gasteiger partial charge in [-0.05, 0) is 43.0 Å². The number of fused-ring (bicyclic) bond motifs is 1. The molecule has 28 heavy (non-hydrogen) atoms. The van der Waals surface area contributed by atoms with E-state index in [4.69, 9.17) is 4.74 Å². The molecule has 5 nitrogen and oxygen atoms in total. The lowest BCUT2D eigenvalue weighted by molar-refractivity contribution is -0.136. The van der Waals surface area contributed by atoms with Crippen LogP contribution in [0.25, 0.3) is 0 Å². The summed E-state index contributed by atoms with van der Waals surface area (Å²) in [6, 6.07) is 13.7. The van der Waals surface area contributed by atoms with E-state index in [0.717, 1.165) is 12.8 Å². The van der Waals surface area contributed by atoms with Gasteiger partial charge in [0.2, 0.25) is 5.91 Å². The van der Waals surface area contributed by atoms with Gasteiger partial charge in [0, 0.05) is 13.0 Å².